The van der Waals surface area contributed by atoms with Gasteiger partial charge in [0.25, 0.3) is 0 Å². The molecule has 5 nitrogen and oxygen atoms in total. The second-order valence-corrected chi connectivity index (χ2v) is 3.00. The van der Waals surface area contributed by atoms with Gasteiger partial charge in [0, 0.05) is 15.7 Å². The molecule has 0 saturated carbocycles. The van der Waals surface area contributed by atoms with Crippen molar-refractivity contribution in [3.05, 3.63) is 40.8 Å². The fourth-order valence-electron chi connectivity index (χ4n) is 1.45. The van der Waals surface area contributed by atoms with Crippen LogP contribution in [0.5, 0.6) is 11.5 Å². The highest BCUT2D eigenvalue weighted by Crippen LogP contribution is 2.39. The van der Waals surface area contributed by atoms with E-state index in [-0.39, 0.29) is 17.2 Å². The zero-order valence-electron chi connectivity index (χ0n) is 7.62. The van der Waals surface area contributed by atoms with Crippen LogP contribution in [0.2, 0.25) is 0 Å². The molecule has 0 aliphatic heterocycles. The average molecular weight is 201 g/mol. The van der Waals surface area contributed by atoms with Gasteiger partial charge >= 0.3 is 0 Å². The molecule has 74 valence electrons. The minimum Gasteiger partial charge on any atom is -0.507 e. The van der Waals surface area contributed by atoms with Crippen molar-refractivity contribution < 1.29 is 10.2 Å². The number of phenols is 2. The fraction of sp³-hybridized carbons (Fsp3) is 0. The topological polar surface area (TPSA) is 89.2 Å². The first-order valence-corrected chi connectivity index (χ1v) is 4.23. The monoisotopic (exact) mass is 201 g/mol. The van der Waals surface area contributed by atoms with E-state index in [1.807, 2.05) is 0 Å². The first-order valence-electron chi connectivity index (χ1n) is 4.23. The fourth-order valence-corrected chi connectivity index (χ4v) is 1.45. The first kappa shape index (κ1) is 9.18. The van der Waals surface area contributed by atoms with Crippen LogP contribution in [0.3, 0.4) is 0 Å². The highest BCUT2D eigenvalue weighted by molar-refractivity contribution is 5.96. The molecule has 0 aliphatic carbocycles. The van der Waals surface area contributed by atoms with Crippen molar-refractivity contribution in [1.82, 2.24) is 0 Å². The second-order valence-electron chi connectivity index (χ2n) is 3.00. The van der Waals surface area contributed by atoms with Crippen LogP contribution in [0.25, 0.3) is 21.2 Å². The summed E-state index contributed by atoms with van der Waals surface area (Å²) in [5.74, 6) is -0.146. The lowest BCUT2D eigenvalue weighted by Crippen LogP contribution is -1.76. The van der Waals surface area contributed by atoms with Crippen molar-refractivity contribution >= 4 is 16.5 Å². The van der Waals surface area contributed by atoms with Crippen LogP contribution < -0.4 is 0 Å². The highest BCUT2D eigenvalue weighted by Gasteiger charge is 2.08. The summed E-state index contributed by atoms with van der Waals surface area (Å²) in [6.07, 6.45) is 0. The number of hydrogen-bond acceptors (Lipinski definition) is 3. The van der Waals surface area contributed by atoms with Crippen LogP contribution in [0.1, 0.15) is 0 Å². The Morgan fingerprint density at radius 3 is 2.47 bits per heavy atom. The molecule has 2 rings (SSSR count). The molecule has 0 fully saturated rings. The SMILES string of the molecule is [N-]=[N+]=Nc1cc(O)c2ccccc2c1O. The van der Waals surface area contributed by atoms with Crippen molar-refractivity contribution in [2.45, 2.75) is 0 Å². The zero-order valence-corrected chi connectivity index (χ0v) is 7.62. The molecule has 0 unspecified atom stereocenters. The Morgan fingerprint density at radius 1 is 1.13 bits per heavy atom. The predicted octanol–water partition coefficient (Wildman–Crippen LogP) is 3.19. The van der Waals surface area contributed by atoms with Crippen molar-refractivity contribution in [3.63, 3.8) is 0 Å². The molecule has 0 radical (unpaired) electrons. The van der Waals surface area contributed by atoms with Crippen LogP contribution >= 0.6 is 0 Å². The van der Waals surface area contributed by atoms with Crippen molar-refractivity contribution in [1.29, 1.82) is 0 Å². The highest BCUT2D eigenvalue weighted by atomic mass is 16.3. The van der Waals surface area contributed by atoms with E-state index < -0.39 is 0 Å². The van der Waals surface area contributed by atoms with Crippen molar-refractivity contribution in [2.24, 2.45) is 5.11 Å². The quantitative estimate of drug-likeness (QED) is 0.321. The smallest absolute Gasteiger partial charge is 0.133 e. The van der Waals surface area contributed by atoms with E-state index in [4.69, 9.17) is 5.53 Å². The summed E-state index contributed by atoms with van der Waals surface area (Å²) < 4.78 is 0. The van der Waals surface area contributed by atoms with Gasteiger partial charge in [0.2, 0.25) is 0 Å². The molecule has 0 aromatic heterocycles. The predicted molar refractivity (Wildman–Crippen MR) is 56.1 cm³/mol. The van der Waals surface area contributed by atoms with E-state index in [9.17, 15) is 10.2 Å². The summed E-state index contributed by atoms with van der Waals surface area (Å²) in [7, 11) is 0. The third-order valence-electron chi connectivity index (χ3n) is 2.13. The Labute approximate surface area is 84.8 Å². The zero-order chi connectivity index (χ0) is 10.8. The Hall–Kier alpha value is -2.39. The van der Waals surface area contributed by atoms with Gasteiger partial charge in [-0.15, -0.1) is 0 Å². The Kier molecular flexibility index (Phi) is 2.08. The number of nitrogens with zero attached hydrogens (tertiary/aromatic N) is 3. The number of hydrogen-bond donors (Lipinski definition) is 2. The van der Waals surface area contributed by atoms with Crippen molar-refractivity contribution in [3.8, 4) is 11.5 Å². The van der Waals surface area contributed by atoms with Crippen LogP contribution in [-0.2, 0) is 0 Å². The van der Waals surface area contributed by atoms with E-state index in [2.05, 4.69) is 10.0 Å². The number of azide groups is 1. The summed E-state index contributed by atoms with van der Waals surface area (Å²) in [6.45, 7) is 0. The standard InChI is InChI=1S/C10H7N3O2/c11-13-12-8-5-9(14)6-3-1-2-4-7(6)10(8)15/h1-5,14-15H. The van der Waals surface area contributed by atoms with Gasteiger partial charge < -0.3 is 10.2 Å². The van der Waals surface area contributed by atoms with Gasteiger partial charge in [0.1, 0.15) is 11.5 Å². The van der Waals surface area contributed by atoms with Crippen LogP contribution in [0.4, 0.5) is 5.69 Å². The van der Waals surface area contributed by atoms with E-state index in [1.54, 1.807) is 24.3 Å². The maximum Gasteiger partial charge on any atom is 0.133 e. The number of fused-ring (bicyclic) bond motifs is 1. The third-order valence-corrected chi connectivity index (χ3v) is 2.13. The van der Waals surface area contributed by atoms with E-state index in [0.29, 0.717) is 10.8 Å². The molecule has 0 aliphatic rings. The normalized spacial score (nSPS) is 9.87. The molecule has 15 heavy (non-hydrogen) atoms. The van der Waals surface area contributed by atoms with Crippen LogP contribution in [0.15, 0.2) is 35.4 Å². The summed E-state index contributed by atoms with van der Waals surface area (Å²) >= 11 is 0. The summed E-state index contributed by atoms with van der Waals surface area (Å²) in [4.78, 5) is 2.57. The number of benzene rings is 2. The maximum atomic E-state index is 9.73. The molecule has 0 bridgehead atoms. The van der Waals surface area contributed by atoms with Crippen LogP contribution in [0, 0.1) is 0 Å². The molecular weight excluding hydrogens is 194 g/mol. The molecule has 0 atom stereocenters. The molecule has 2 aromatic carbocycles. The van der Waals surface area contributed by atoms with E-state index in [0.717, 1.165) is 0 Å². The average Bonchev–Trinajstić information content (AvgIpc) is 2.26. The summed E-state index contributed by atoms with van der Waals surface area (Å²) in [5, 5.41) is 23.6. The molecule has 0 heterocycles. The minimum atomic E-state index is -0.124. The van der Waals surface area contributed by atoms with E-state index in [1.165, 1.54) is 6.07 Å². The molecule has 2 aromatic rings. The van der Waals surface area contributed by atoms with Gasteiger partial charge in [-0.05, 0) is 11.6 Å². The maximum absolute atomic E-state index is 9.73. The van der Waals surface area contributed by atoms with E-state index >= 15 is 0 Å². The van der Waals surface area contributed by atoms with Gasteiger partial charge in [-0.1, -0.05) is 29.4 Å². The number of rotatable bonds is 1. The largest absolute Gasteiger partial charge is 0.507 e. The lowest BCUT2D eigenvalue weighted by Gasteiger charge is -2.05. The molecular formula is C10H7N3O2. The lowest BCUT2D eigenvalue weighted by molar-refractivity contribution is 0.470. The molecule has 5 heteroatoms. The third kappa shape index (κ3) is 1.41. The summed E-state index contributed by atoms with van der Waals surface area (Å²) in [6, 6.07) is 8.01. The number of aromatic hydroxyl groups is 2. The van der Waals surface area contributed by atoms with Crippen LogP contribution in [-0.4, -0.2) is 10.2 Å². The number of phenolic OH excluding ortho intramolecular Hbond substituents is 2. The van der Waals surface area contributed by atoms with Gasteiger partial charge in [-0.25, -0.2) is 0 Å². The second kappa shape index (κ2) is 3.40. The Morgan fingerprint density at radius 2 is 1.80 bits per heavy atom. The van der Waals surface area contributed by atoms with Gasteiger partial charge in [0.05, 0.1) is 5.69 Å². The lowest BCUT2D eigenvalue weighted by atomic mass is 10.1. The van der Waals surface area contributed by atoms with Gasteiger partial charge in [-0.3, -0.25) is 0 Å². The first-order chi connectivity index (χ1) is 7.24. The molecule has 2 N–H and O–H groups in total. The molecule has 0 saturated heterocycles. The minimum absolute atomic E-state index is 0.0219. The molecule has 0 amide bonds. The Balaban J connectivity index is 2.90. The van der Waals surface area contributed by atoms with Crippen molar-refractivity contribution in [2.75, 3.05) is 0 Å². The Bertz CT molecular complexity index is 574. The van der Waals surface area contributed by atoms with Gasteiger partial charge in [-0.2, -0.15) is 0 Å². The molecule has 0 spiro atoms. The summed E-state index contributed by atoms with van der Waals surface area (Å²) in [5.41, 5.74) is 8.29. The van der Waals surface area contributed by atoms with Gasteiger partial charge in [0.15, 0.2) is 0 Å².